The summed E-state index contributed by atoms with van der Waals surface area (Å²) in [5.74, 6) is 1.52. The van der Waals surface area contributed by atoms with E-state index in [1.807, 2.05) is 102 Å². The van der Waals surface area contributed by atoms with Crippen molar-refractivity contribution in [1.29, 1.82) is 0 Å². The van der Waals surface area contributed by atoms with Crippen molar-refractivity contribution in [2.24, 2.45) is 5.10 Å². The predicted octanol–water partition coefficient (Wildman–Crippen LogP) is 9.61. The molecule has 198 valence electrons. The third kappa shape index (κ3) is 5.39. The van der Waals surface area contributed by atoms with E-state index >= 15 is 0 Å². The van der Waals surface area contributed by atoms with E-state index in [-0.39, 0.29) is 12.8 Å². The van der Waals surface area contributed by atoms with Gasteiger partial charge in [-0.15, -0.1) is 0 Å². The second-order valence-corrected chi connectivity index (χ2v) is 10.5. The number of benzene rings is 5. The number of anilines is 2. The second kappa shape index (κ2) is 11.6. The van der Waals surface area contributed by atoms with Gasteiger partial charge in [0.1, 0.15) is 12.4 Å². The number of para-hydroxylation sites is 1. The summed E-state index contributed by atoms with van der Waals surface area (Å²) < 4.78 is 6.20. The standard InChI is InChI=1S/C33H24Cl3N3O/c34-25-17-19-26(20-18-25)38-32(23-9-3-1-4-10-23)37-39(27-12-5-2-6-13-27)33(38)24-11-7-14-28(21-24)40-22-29-30(35)15-8-16-31(29)36/h1-21,33H,22H2. The van der Waals surface area contributed by atoms with E-state index in [4.69, 9.17) is 44.6 Å². The minimum atomic E-state index is -0.300. The molecule has 0 amide bonds. The molecule has 0 aliphatic carbocycles. The Morgan fingerprint density at radius 1 is 0.650 bits per heavy atom. The van der Waals surface area contributed by atoms with Gasteiger partial charge in [0.25, 0.3) is 0 Å². The number of hydrogen-bond donors (Lipinski definition) is 0. The molecule has 0 saturated heterocycles. The molecule has 1 heterocycles. The Morgan fingerprint density at radius 2 is 1.30 bits per heavy atom. The zero-order valence-electron chi connectivity index (χ0n) is 21.3. The average molecular weight is 585 g/mol. The largest absolute Gasteiger partial charge is 0.489 e. The third-order valence-electron chi connectivity index (χ3n) is 6.67. The molecule has 0 saturated carbocycles. The molecule has 0 aromatic heterocycles. The van der Waals surface area contributed by atoms with E-state index in [0.717, 1.165) is 33.9 Å². The van der Waals surface area contributed by atoms with E-state index in [2.05, 4.69) is 35.2 Å². The fourth-order valence-electron chi connectivity index (χ4n) is 4.74. The van der Waals surface area contributed by atoms with Crippen molar-refractivity contribution in [3.8, 4) is 5.75 Å². The zero-order valence-corrected chi connectivity index (χ0v) is 23.6. The van der Waals surface area contributed by atoms with Crippen molar-refractivity contribution < 1.29 is 4.74 Å². The quantitative estimate of drug-likeness (QED) is 0.191. The molecule has 5 aromatic carbocycles. The summed E-state index contributed by atoms with van der Waals surface area (Å²) in [5, 5.41) is 9.04. The highest BCUT2D eigenvalue weighted by Gasteiger charge is 2.38. The minimum Gasteiger partial charge on any atom is -0.489 e. The fraction of sp³-hybridized carbons (Fsp3) is 0.0606. The molecule has 5 aromatic rings. The Kier molecular flexibility index (Phi) is 7.65. The Morgan fingerprint density at radius 3 is 2.00 bits per heavy atom. The molecule has 0 radical (unpaired) electrons. The maximum atomic E-state index is 6.39. The normalized spacial score (nSPS) is 14.8. The number of rotatable bonds is 7. The van der Waals surface area contributed by atoms with Crippen LogP contribution < -0.4 is 14.6 Å². The van der Waals surface area contributed by atoms with Gasteiger partial charge < -0.3 is 4.74 Å². The van der Waals surface area contributed by atoms with Crippen LogP contribution in [0, 0.1) is 0 Å². The van der Waals surface area contributed by atoms with Crippen LogP contribution in [0.25, 0.3) is 0 Å². The summed E-state index contributed by atoms with van der Waals surface area (Å²) in [5.41, 5.74) is 4.68. The first-order valence-electron chi connectivity index (χ1n) is 12.8. The van der Waals surface area contributed by atoms with Gasteiger partial charge in [-0.1, -0.05) is 102 Å². The van der Waals surface area contributed by atoms with E-state index in [1.54, 1.807) is 0 Å². The second-order valence-electron chi connectivity index (χ2n) is 9.25. The first kappa shape index (κ1) is 26.3. The van der Waals surface area contributed by atoms with Crippen LogP contribution >= 0.6 is 34.8 Å². The SMILES string of the molecule is Clc1ccc(N2C(c3ccccc3)=NN(c3ccccc3)C2c2cccc(OCc3c(Cl)cccc3Cl)c2)cc1. The molecule has 1 atom stereocenters. The highest BCUT2D eigenvalue weighted by atomic mass is 35.5. The van der Waals surface area contributed by atoms with Gasteiger partial charge in [-0.25, -0.2) is 5.01 Å². The van der Waals surface area contributed by atoms with Crippen molar-refractivity contribution in [3.63, 3.8) is 0 Å². The zero-order chi connectivity index (χ0) is 27.5. The fourth-order valence-corrected chi connectivity index (χ4v) is 5.37. The molecule has 40 heavy (non-hydrogen) atoms. The summed E-state index contributed by atoms with van der Waals surface area (Å²) in [6.07, 6.45) is -0.300. The number of ether oxygens (including phenoxy) is 1. The molecular weight excluding hydrogens is 561 g/mol. The van der Waals surface area contributed by atoms with E-state index in [1.165, 1.54) is 0 Å². The van der Waals surface area contributed by atoms with Gasteiger partial charge in [-0.2, -0.15) is 5.10 Å². The maximum absolute atomic E-state index is 6.39. The number of hydrogen-bond acceptors (Lipinski definition) is 4. The summed E-state index contributed by atoms with van der Waals surface area (Å²) in [7, 11) is 0. The molecule has 1 unspecified atom stereocenters. The maximum Gasteiger partial charge on any atom is 0.162 e. The van der Waals surface area contributed by atoms with E-state index in [9.17, 15) is 0 Å². The molecule has 7 heteroatoms. The number of halogens is 3. The molecule has 1 aliphatic heterocycles. The first-order chi connectivity index (χ1) is 19.6. The molecule has 0 N–H and O–H groups in total. The number of nitrogens with zero attached hydrogens (tertiary/aromatic N) is 3. The van der Waals surface area contributed by atoms with Gasteiger partial charge in [-0.3, -0.25) is 4.90 Å². The summed E-state index contributed by atoms with van der Waals surface area (Å²) in [4.78, 5) is 2.22. The lowest BCUT2D eigenvalue weighted by Crippen LogP contribution is -2.35. The smallest absolute Gasteiger partial charge is 0.162 e. The van der Waals surface area contributed by atoms with Crippen molar-refractivity contribution in [2.75, 3.05) is 9.91 Å². The van der Waals surface area contributed by atoms with Crippen LogP contribution in [0.2, 0.25) is 15.1 Å². The monoisotopic (exact) mass is 583 g/mol. The Hall–Kier alpha value is -3.96. The van der Waals surface area contributed by atoms with Crippen molar-refractivity contribution in [2.45, 2.75) is 12.8 Å². The third-order valence-corrected chi connectivity index (χ3v) is 7.63. The minimum absolute atomic E-state index is 0.252. The molecule has 0 spiro atoms. The molecule has 0 fully saturated rings. The van der Waals surface area contributed by atoms with Crippen LogP contribution in [0.1, 0.15) is 22.9 Å². The van der Waals surface area contributed by atoms with Crippen LogP contribution in [-0.4, -0.2) is 5.84 Å². The molecule has 1 aliphatic rings. The average Bonchev–Trinajstić information content (AvgIpc) is 3.39. The molecular formula is C33H24Cl3N3O. The topological polar surface area (TPSA) is 28.1 Å². The van der Waals surface area contributed by atoms with E-state index < -0.39 is 0 Å². The lowest BCUT2D eigenvalue weighted by molar-refractivity contribution is 0.306. The Bertz CT molecular complexity index is 1620. The molecule has 0 bridgehead atoms. The van der Waals surface area contributed by atoms with Crippen LogP contribution in [-0.2, 0) is 6.61 Å². The predicted molar refractivity (Wildman–Crippen MR) is 166 cm³/mol. The van der Waals surface area contributed by atoms with Crippen molar-refractivity contribution >= 4 is 52.0 Å². The lowest BCUT2D eigenvalue weighted by Gasteiger charge is -2.32. The number of amidine groups is 1. The van der Waals surface area contributed by atoms with E-state index in [0.29, 0.717) is 20.8 Å². The molecule has 4 nitrogen and oxygen atoms in total. The van der Waals surface area contributed by atoms with Crippen LogP contribution in [0.15, 0.2) is 132 Å². The van der Waals surface area contributed by atoms with Crippen LogP contribution in [0.4, 0.5) is 11.4 Å². The summed E-state index contributed by atoms with van der Waals surface area (Å²) in [6, 6.07) is 41.7. The van der Waals surface area contributed by atoms with Gasteiger partial charge >= 0.3 is 0 Å². The Labute approximate surface area is 248 Å². The number of hydrazone groups is 1. The highest BCUT2D eigenvalue weighted by Crippen LogP contribution is 2.41. The lowest BCUT2D eigenvalue weighted by atomic mass is 10.1. The van der Waals surface area contributed by atoms with Crippen LogP contribution in [0.3, 0.4) is 0 Å². The first-order valence-corrected chi connectivity index (χ1v) is 13.9. The van der Waals surface area contributed by atoms with Crippen molar-refractivity contribution in [1.82, 2.24) is 0 Å². The van der Waals surface area contributed by atoms with Crippen molar-refractivity contribution in [3.05, 3.63) is 159 Å². The van der Waals surface area contributed by atoms with Gasteiger partial charge in [0, 0.05) is 37.4 Å². The summed E-state index contributed by atoms with van der Waals surface area (Å²) >= 11 is 19.1. The highest BCUT2D eigenvalue weighted by molar-refractivity contribution is 6.36. The van der Waals surface area contributed by atoms with Gasteiger partial charge in [0.2, 0.25) is 0 Å². The Balaban J connectivity index is 1.44. The van der Waals surface area contributed by atoms with Gasteiger partial charge in [-0.05, 0) is 60.7 Å². The molecule has 6 rings (SSSR count). The van der Waals surface area contributed by atoms with Gasteiger partial charge in [0.05, 0.1) is 5.69 Å². The van der Waals surface area contributed by atoms with Gasteiger partial charge in [0.15, 0.2) is 12.0 Å². The summed E-state index contributed by atoms with van der Waals surface area (Å²) in [6.45, 7) is 0.252. The van der Waals surface area contributed by atoms with Crippen LogP contribution in [0.5, 0.6) is 5.75 Å².